The van der Waals surface area contributed by atoms with Gasteiger partial charge in [-0.05, 0) is 37.8 Å². The predicted octanol–water partition coefficient (Wildman–Crippen LogP) is 2.84. The van der Waals surface area contributed by atoms with Crippen LogP contribution in [0.3, 0.4) is 0 Å². The minimum Gasteiger partial charge on any atom is -0.480 e. The molecule has 2 N–H and O–H groups in total. The number of pyridine rings is 1. The summed E-state index contributed by atoms with van der Waals surface area (Å²) in [5, 5.41) is 12.5. The summed E-state index contributed by atoms with van der Waals surface area (Å²) in [5.74, 6) is -0.513. The molecule has 1 aliphatic carbocycles. The first-order chi connectivity index (χ1) is 8.66. The second-order valence-electron chi connectivity index (χ2n) is 5.04. The van der Waals surface area contributed by atoms with E-state index in [4.69, 9.17) is 0 Å². The van der Waals surface area contributed by atoms with Gasteiger partial charge in [0.1, 0.15) is 6.04 Å². The van der Waals surface area contributed by atoms with Gasteiger partial charge >= 0.3 is 5.97 Å². The van der Waals surface area contributed by atoms with Crippen LogP contribution in [-0.4, -0.2) is 22.1 Å². The fourth-order valence-electron chi connectivity index (χ4n) is 2.66. The highest BCUT2D eigenvalue weighted by Gasteiger charge is 2.29. The molecule has 98 valence electrons. The number of aliphatic carboxylic acids is 1. The van der Waals surface area contributed by atoms with Crippen LogP contribution >= 0.6 is 0 Å². The number of nitrogens with one attached hydrogen (secondary N) is 1. The molecule has 0 radical (unpaired) electrons. The Morgan fingerprint density at radius 3 is 2.78 bits per heavy atom. The van der Waals surface area contributed by atoms with E-state index in [1.165, 1.54) is 6.42 Å². The zero-order valence-electron chi connectivity index (χ0n) is 10.7. The van der Waals surface area contributed by atoms with E-state index in [0.29, 0.717) is 0 Å². The van der Waals surface area contributed by atoms with Gasteiger partial charge in [-0.15, -0.1) is 0 Å². The highest BCUT2D eigenvalue weighted by molar-refractivity contribution is 5.77. The molecule has 1 aromatic heterocycles. The number of aryl methyl sites for hydroxylation is 1. The first-order valence-electron chi connectivity index (χ1n) is 6.59. The summed E-state index contributed by atoms with van der Waals surface area (Å²) in [6, 6.07) is 3.23. The van der Waals surface area contributed by atoms with Crippen LogP contribution in [0.2, 0.25) is 0 Å². The molecule has 4 nitrogen and oxygen atoms in total. The highest BCUT2D eigenvalue weighted by atomic mass is 16.4. The van der Waals surface area contributed by atoms with Crippen molar-refractivity contribution >= 4 is 11.7 Å². The van der Waals surface area contributed by atoms with Crippen molar-refractivity contribution in [3.63, 3.8) is 0 Å². The van der Waals surface area contributed by atoms with E-state index in [-0.39, 0.29) is 5.92 Å². The molecule has 1 fully saturated rings. The number of rotatable bonds is 4. The molecule has 2 rings (SSSR count). The normalized spacial score (nSPS) is 18.3. The van der Waals surface area contributed by atoms with Gasteiger partial charge in [0.15, 0.2) is 0 Å². The molecular formula is C14H20N2O2. The summed E-state index contributed by atoms with van der Waals surface area (Å²) < 4.78 is 0. The van der Waals surface area contributed by atoms with E-state index >= 15 is 0 Å². The Kier molecular flexibility index (Phi) is 4.18. The van der Waals surface area contributed by atoms with Gasteiger partial charge in [0.2, 0.25) is 0 Å². The molecular weight excluding hydrogens is 228 g/mol. The molecule has 4 heteroatoms. The molecule has 1 heterocycles. The Bertz CT molecular complexity index is 414. The molecule has 1 aliphatic rings. The Balaban J connectivity index is 2.08. The van der Waals surface area contributed by atoms with Crippen molar-refractivity contribution in [2.24, 2.45) is 5.92 Å². The lowest BCUT2D eigenvalue weighted by Crippen LogP contribution is -2.38. The molecule has 0 saturated heterocycles. The van der Waals surface area contributed by atoms with Crippen LogP contribution in [0.5, 0.6) is 0 Å². The van der Waals surface area contributed by atoms with Gasteiger partial charge in [-0.25, -0.2) is 4.79 Å². The smallest absolute Gasteiger partial charge is 0.326 e. The number of hydrogen-bond donors (Lipinski definition) is 2. The minimum absolute atomic E-state index is 0.240. The van der Waals surface area contributed by atoms with Crippen LogP contribution in [0, 0.1) is 12.8 Å². The summed E-state index contributed by atoms with van der Waals surface area (Å²) in [5.41, 5.74) is 1.74. The minimum atomic E-state index is -0.753. The van der Waals surface area contributed by atoms with E-state index in [1.807, 2.05) is 19.1 Å². The lowest BCUT2D eigenvalue weighted by atomic mass is 9.84. The monoisotopic (exact) mass is 248 g/mol. The molecule has 18 heavy (non-hydrogen) atoms. The summed E-state index contributed by atoms with van der Waals surface area (Å²) in [6.45, 7) is 1.90. The Hall–Kier alpha value is -1.58. The molecule has 1 unspecified atom stereocenters. The Labute approximate surface area is 107 Å². The van der Waals surface area contributed by atoms with Crippen molar-refractivity contribution in [1.82, 2.24) is 4.98 Å². The predicted molar refractivity (Wildman–Crippen MR) is 70.6 cm³/mol. The van der Waals surface area contributed by atoms with Gasteiger partial charge in [-0.1, -0.05) is 19.3 Å². The maximum atomic E-state index is 11.4. The van der Waals surface area contributed by atoms with Crippen LogP contribution in [0.15, 0.2) is 18.3 Å². The lowest BCUT2D eigenvalue weighted by molar-refractivity contribution is -0.139. The van der Waals surface area contributed by atoms with Gasteiger partial charge in [0, 0.05) is 17.6 Å². The quantitative estimate of drug-likeness (QED) is 0.860. The standard InChI is InChI=1S/C14H20N2O2/c1-10-9-12(7-8-15-10)16-13(14(17)18)11-5-3-2-4-6-11/h7-9,11,13H,2-6H2,1H3,(H,15,16)(H,17,18). The van der Waals surface area contributed by atoms with Crippen molar-refractivity contribution in [2.45, 2.75) is 45.1 Å². The van der Waals surface area contributed by atoms with Gasteiger partial charge in [0.25, 0.3) is 0 Å². The van der Waals surface area contributed by atoms with Gasteiger partial charge in [-0.2, -0.15) is 0 Å². The topological polar surface area (TPSA) is 62.2 Å². The Morgan fingerprint density at radius 1 is 1.44 bits per heavy atom. The zero-order chi connectivity index (χ0) is 13.0. The van der Waals surface area contributed by atoms with Crippen molar-refractivity contribution in [1.29, 1.82) is 0 Å². The number of anilines is 1. The summed E-state index contributed by atoms with van der Waals surface area (Å²) in [7, 11) is 0. The summed E-state index contributed by atoms with van der Waals surface area (Å²) in [6.07, 6.45) is 7.24. The van der Waals surface area contributed by atoms with Crippen LogP contribution in [0.4, 0.5) is 5.69 Å². The molecule has 0 bridgehead atoms. The Morgan fingerprint density at radius 2 is 2.17 bits per heavy atom. The van der Waals surface area contributed by atoms with Crippen LogP contribution in [-0.2, 0) is 4.79 Å². The van der Waals surface area contributed by atoms with Crippen molar-refractivity contribution in [3.8, 4) is 0 Å². The third kappa shape index (κ3) is 3.22. The fourth-order valence-corrected chi connectivity index (χ4v) is 2.66. The van der Waals surface area contributed by atoms with Crippen LogP contribution < -0.4 is 5.32 Å². The first kappa shape index (κ1) is 12.9. The maximum absolute atomic E-state index is 11.4. The second-order valence-corrected chi connectivity index (χ2v) is 5.04. The lowest BCUT2D eigenvalue weighted by Gasteiger charge is -2.28. The largest absolute Gasteiger partial charge is 0.480 e. The maximum Gasteiger partial charge on any atom is 0.326 e. The van der Waals surface area contributed by atoms with Crippen molar-refractivity contribution < 1.29 is 9.90 Å². The molecule has 1 aromatic rings. The third-order valence-electron chi connectivity index (χ3n) is 3.61. The number of carboxylic acids is 1. The number of carbonyl (C=O) groups is 1. The number of nitrogens with zero attached hydrogens (tertiary/aromatic N) is 1. The van der Waals surface area contributed by atoms with E-state index < -0.39 is 12.0 Å². The van der Waals surface area contributed by atoms with Gasteiger partial charge < -0.3 is 10.4 Å². The SMILES string of the molecule is Cc1cc(NC(C(=O)O)C2CCCCC2)ccn1. The van der Waals surface area contributed by atoms with Crippen molar-refractivity contribution in [3.05, 3.63) is 24.0 Å². The highest BCUT2D eigenvalue weighted by Crippen LogP contribution is 2.28. The molecule has 1 atom stereocenters. The molecule has 0 aliphatic heterocycles. The fraction of sp³-hybridized carbons (Fsp3) is 0.571. The average molecular weight is 248 g/mol. The van der Waals surface area contributed by atoms with Crippen molar-refractivity contribution in [2.75, 3.05) is 5.32 Å². The molecule has 1 saturated carbocycles. The molecule has 0 amide bonds. The van der Waals surface area contributed by atoms with E-state index in [2.05, 4.69) is 10.3 Å². The first-order valence-corrected chi connectivity index (χ1v) is 6.59. The van der Waals surface area contributed by atoms with Gasteiger partial charge in [0.05, 0.1) is 0 Å². The summed E-state index contributed by atoms with van der Waals surface area (Å²) in [4.78, 5) is 15.5. The van der Waals surface area contributed by atoms with Gasteiger partial charge in [-0.3, -0.25) is 4.98 Å². The van der Waals surface area contributed by atoms with Crippen LogP contribution in [0.25, 0.3) is 0 Å². The van der Waals surface area contributed by atoms with E-state index in [1.54, 1.807) is 6.20 Å². The third-order valence-corrected chi connectivity index (χ3v) is 3.61. The molecule has 0 aromatic carbocycles. The number of carboxylic acid groups (broad SMARTS) is 1. The number of hydrogen-bond acceptors (Lipinski definition) is 3. The number of aromatic nitrogens is 1. The average Bonchev–Trinajstić information content (AvgIpc) is 2.37. The zero-order valence-corrected chi connectivity index (χ0v) is 10.7. The van der Waals surface area contributed by atoms with E-state index in [0.717, 1.165) is 37.1 Å². The second kappa shape index (κ2) is 5.85. The summed E-state index contributed by atoms with van der Waals surface area (Å²) >= 11 is 0. The van der Waals surface area contributed by atoms with Crippen LogP contribution in [0.1, 0.15) is 37.8 Å². The molecule has 0 spiro atoms. The van der Waals surface area contributed by atoms with E-state index in [9.17, 15) is 9.90 Å².